The monoisotopic (exact) mass is 313 g/mol. The van der Waals surface area contributed by atoms with Crippen molar-refractivity contribution in [1.82, 2.24) is 4.90 Å². The van der Waals surface area contributed by atoms with E-state index in [1.807, 2.05) is 4.90 Å². The van der Waals surface area contributed by atoms with E-state index < -0.39 is 5.97 Å². The number of nitrogens with zero attached hydrogens (tertiary/aromatic N) is 1. The van der Waals surface area contributed by atoms with Gasteiger partial charge in [-0.05, 0) is 11.8 Å². The van der Waals surface area contributed by atoms with Gasteiger partial charge in [-0.1, -0.05) is 39.0 Å². The summed E-state index contributed by atoms with van der Waals surface area (Å²) in [6.45, 7) is 2.90. The van der Waals surface area contributed by atoms with Crippen LogP contribution < -0.4 is 0 Å². The minimum atomic E-state index is -0.805. The average molecular weight is 313 g/mol. The summed E-state index contributed by atoms with van der Waals surface area (Å²) < 4.78 is 0. The number of carboxylic acid groups (broad SMARTS) is 1. The molecule has 0 aromatic rings. The molecule has 2 aliphatic rings. The lowest BCUT2D eigenvalue weighted by Gasteiger charge is -2.36. The van der Waals surface area contributed by atoms with E-state index in [-0.39, 0.29) is 18.4 Å². The Morgan fingerprint density at radius 3 is 2.67 bits per heavy atom. The SMILES string of the molecule is CC(CC(=O)N1CCSCC1CC(=O)O)C1CCCCC1. The van der Waals surface area contributed by atoms with E-state index in [9.17, 15) is 9.59 Å². The standard InChI is InChI=1S/C16H27NO3S/c1-12(13-5-3-2-4-6-13)9-15(18)17-7-8-21-11-14(17)10-16(19)20/h12-14H,2-11H2,1H3,(H,19,20). The second-order valence-corrected chi connectivity index (χ2v) is 7.64. The highest BCUT2D eigenvalue weighted by atomic mass is 32.2. The summed E-state index contributed by atoms with van der Waals surface area (Å²) in [5.74, 6) is 2.16. The third-order valence-electron chi connectivity index (χ3n) is 4.91. The Kier molecular flexibility index (Phi) is 6.40. The number of rotatable bonds is 5. The van der Waals surface area contributed by atoms with Gasteiger partial charge in [-0.2, -0.15) is 11.8 Å². The van der Waals surface area contributed by atoms with Crippen LogP contribution in [0.1, 0.15) is 51.9 Å². The summed E-state index contributed by atoms with van der Waals surface area (Å²) >= 11 is 1.76. The first kappa shape index (κ1) is 16.7. The lowest BCUT2D eigenvalue weighted by molar-refractivity contribution is -0.140. The lowest BCUT2D eigenvalue weighted by Crippen LogP contribution is -2.47. The molecule has 1 aliphatic heterocycles. The van der Waals surface area contributed by atoms with E-state index in [2.05, 4.69) is 6.92 Å². The van der Waals surface area contributed by atoms with Crippen LogP contribution in [0.3, 0.4) is 0 Å². The molecule has 4 nitrogen and oxygen atoms in total. The molecule has 1 aliphatic carbocycles. The Morgan fingerprint density at radius 2 is 2.00 bits per heavy atom. The molecule has 1 N–H and O–H groups in total. The second kappa shape index (κ2) is 8.06. The highest BCUT2D eigenvalue weighted by Gasteiger charge is 2.31. The van der Waals surface area contributed by atoms with Gasteiger partial charge in [0, 0.05) is 24.5 Å². The Balaban J connectivity index is 1.88. The maximum Gasteiger partial charge on any atom is 0.305 e. The predicted molar refractivity (Wildman–Crippen MR) is 85.4 cm³/mol. The van der Waals surface area contributed by atoms with Gasteiger partial charge in [-0.3, -0.25) is 9.59 Å². The van der Waals surface area contributed by atoms with Gasteiger partial charge in [0.2, 0.25) is 5.91 Å². The first-order valence-electron chi connectivity index (χ1n) is 8.17. The average Bonchev–Trinajstić information content (AvgIpc) is 2.48. The molecule has 5 heteroatoms. The van der Waals surface area contributed by atoms with E-state index in [0.717, 1.165) is 11.5 Å². The maximum absolute atomic E-state index is 12.6. The smallest absolute Gasteiger partial charge is 0.305 e. The fraction of sp³-hybridized carbons (Fsp3) is 0.875. The molecular weight excluding hydrogens is 286 g/mol. The predicted octanol–water partition coefficient (Wildman–Crippen LogP) is 3.01. The first-order valence-corrected chi connectivity index (χ1v) is 9.32. The minimum Gasteiger partial charge on any atom is -0.481 e. The number of aliphatic carboxylic acids is 1. The topological polar surface area (TPSA) is 57.6 Å². The number of carboxylic acids is 1. The lowest BCUT2D eigenvalue weighted by atomic mass is 9.79. The molecule has 0 aromatic heterocycles. The summed E-state index contributed by atoms with van der Waals surface area (Å²) in [6, 6.07) is -0.118. The van der Waals surface area contributed by atoms with Crippen molar-refractivity contribution in [3.05, 3.63) is 0 Å². The highest BCUT2D eigenvalue weighted by molar-refractivity contribution is 7.99. The number of hydrogen-bond donors (Lipinski definition) is 1. The Bertz CT molecular complexity index is 369. The third-order valence-corrected chi connectivity index (χ3v) is 6.00. The summed E-state index contributed by atoms with van der Waals surface area (Å²) in [5, 5.41) is 9.00. The quantitative estimate of drug-likeness (QED) is 0.847. The highest BCUT2D eigenvalue weighted by Crippen LogP contribution is 2.32. The zero-order chi connectivity index (χ0) is 15.2. The summed E-state index contributed by atoms with van der Waals surface area (Å²) in [4.78, 5) is 25.4. The number of amides is 1. The molecule has 1 amide bonds. The van der Waals surface area contributed by atoms with Gasteiger partial charge in [0.1, 0.15) is 0 Å². The van der Waals surface area contributed by atoms with Crippen LogP contribution in [0, 0.1) is 11.8 Å². The van der Waals surface area contributed by atoms with E-state index >= 15 is 0 Å². The fourth-order valence-corrected chi connectivity index (χ4v) is 4.68. The van der Waals surface area contributed by atoms with Crippen molar-refractivity contribution in [3.63, 3.8) is 0 Å². The van der Waals surface area contributed by atoms with E-state index in [1.54, 1.807) is 11.8 Å². The molecule has 21 heavy (non-hydrogen) atoms. The largest absolute Gasteiger partial charge is 0.481 e. The van der Waals surface area contributed by atoms with Crippen molar-refractivity contribution in [2.75, 3.05) is 18.1 Å². The molecule has 2 rings (SSSR count). The first-order chi connectivity index (χ1) is 10.1. The number of thioether (sulfide) groups is 1. The van der Waals surface area contributed by atoms with Crippen LogP contribution in [0.25, 0.3) is 0 Å². The van der Waals surface area contributed by atoms with Gasteiger partial charge < -0.3 is 10.0 Å². The second-order valence-electron chi connectivity index (χ2n) is 6.49. The van der Waals surface area contributed by atoms with Crippen LogP contribution in [0.2, 0.25) is 0 Å². The molecule has 120 valence electrons. The normalized spacial score (nSPS) is 25.6. The number of carbonyl (C=O) groups excluding carboxylic acids is 1. The minimum absolute atomic E-state index is 0.0799. The van der Waals surface area contributed by atoms with Gasteiger partial charge >= 0.3 is 5.97 Å². The number of carbonyl (C=O) groups is 2. The molecule has 1 saturated heterocycles. The zero-order valence-corrected chi connectivity index (χ0v) is 13.7. The molecule has 2 atom stereocenters. The van der Waals surface area contributed by atoms with Crippen LogP contribution in [0.5, 0.6) is 0 Å². The van der Waals surface area contributed by atoms with Crippen molar-refractivity contribution in [2.24, 2.45) is 11.8 Å². The number of hydrogen-bond acceptors (Lipinski definition) is 3. The molecule has 1 saturated carbocycles. The summed E-state index contributed by atoms with van der Waals surface area (Å²) in [5.41, 5.74) is 0. The van der Waals surface area contributed by atoms with Crippen LogP contribution >= 0.6 is 11.8 Å². The van der Waals surface area contributed by atoms with Crippen molar-refractivity contribution in [1.29, 1.82) is 0 Å². The van der Waals surface area contributed by atoms with Crippen LogP contribution in [-0.4, -0.2) is 46.0 Å². The molecule has 0 aromatic carbocycles. The Morgan fingerprint density at radius 1 is 1.29 bits per heavy atom. The van der Waals surface area contributed by atoms with Crippen molar-refractivity contribution in [2.45, 2.75) is 57.9 Å². The third kappa shape index (κ3) is 4.90. The Hall–Kier alpha value is -0.710. The van der Waals surface area contributed by atoms with Crippen LogP contribution in [0.15, 0.2) is 0 Å². The van der Waals surface area contributed by atoms with Crippen molar-refractivity contribution >= 4 is 23.6 Å². The molecule has 0 radical (unpaired) electrons. The van der Waals surface area contributed by atoms with Crippen molar-refractivity contribution < 1.29 is 14.7 Å². The fourth-order valence-electron chi connectivity index (χ4n) is 3.62. The maximum atomic E-state index is 12.6. The van der Waals surface area contributed by atoms with Gasteiger partial charge in [0.15, 0.2) is 0 Å². The van der Waals surface area contributed by atoms with E-state index in [0.29, 0.717) is 24.8 Å². The molecule has 1 heterocycles. The molecule has 2 fully saturated rings. The van der Waals surface area contributed by atoms with Gasteiger partial charge in [0.25, 0.3) is 0 Å². The van der Waals surface area contributed by atoms with Gasteiger partial charge in [-0.25, -0.2) is 0 Å². The van der Waals surface area contributed by atoms with Crippen LogP contribution in [0.4, 0.5) is 0 Å². The summed E-state index contributed by atoms with van der Waals surface area (Å²) in [6.07, 6.45) is 7.10. The molecule has 0 spiro atoms. The van der Waals surface area contributed by atoms with Gasteiger partial charge in [0.05, 0.1) is 12.5 Å². The molecule has 2 unspecified atom stereocenters. The summed E-state index contributed by atoms with van der Waals surface area (Å²) in [7, 11) is 0. The molecule has 0 bridgehead atoms. The van der Waals surface area contributed by atoms with Crippen LogP contribution in [-0.2, 0) is 9.59 Å². The van der Waals surface area contributed by atoms with Crippen molar-refractivity contribution in [3.8, 4) is 0 Å². The zero-order valence-electron chi connectivity index (χ0n) is 12.9. The molecular formula is C16H27NO3S. The van der Waals surface area contributed by atoms with Gasteiger partial charge in [-0.15, -0.1) is 0 Å². The van der Waals surface area contributed by atoms with E-state index in [4.69, 9.17) is 5.11 Å². The Labute approximate surface area is 131 Å². The van der Waals surface area contributed by atoms with E-state index in [1.165, 1.54) is 32.1 Å².